The van der Waals surface area contributed by atoms with Crippen LogP contribution in [0.15, 0.2) is 38.3 Å². The number of anilines is 1. The Morgan fingerprint density at radius 3 is 2.60 bits per heavy atom. The average molecular weight is 396 g/mol. The van der Waals surface area contributed by atoms with Crippen LogP contribution in [0, 0.1) is 0 Å². The summed E-state index contributed by atoms with van der Waals surface area (Å²) in [6.45, 7) is 0.210. The van der Waals surface area contributed by atoms with E-state index in [9.17, 15) is 8.42 Å². The molecule has 1 aromatic heterocycles. The number of thiophene rings is 1. The van der Waals surface area contributed by atoms with Crippen molar-refractivity contribution in [3.63, 3.8) is 0 Å². The minimum atomic E-state index is -3.57. The van der Waals surface area contributed by atoms with Crippen LogP contribution in [0.1, 0.15) is 5.56 Å². The van der Waals surface area contributed by atoms with Crippen LogP contribution in [0.5, 0.6) is 0 Å². The van der Waals surface area contributed by atoms with Gasteiger partial charge in [-0.15, -0.1) is 11.3 Å². The minimum Gasteiger partial charge on any atom is -0.398 e. The molecule has 1 aromatic carbocycles. The lowest BCUT2D eigenvalue weighted by Crippen LogP contribution is -2.26. The van der Waals surface area contributed by atoms with E-state index in [-0.39, 0.29) is 10.8 Å². The number of halogens is 2. The summed E-state index contributed by atoms with van der Waals surface area (Å²) >= 11 is 10.2. The zero-order chi connectivity index (χ0) is 14.9. The molecule has 2 rings (SSSR count). The Kier molecular flexibility index (Phi) is 4.76. The maximum atomic E-state index is 12.4. The predicted molar refractivity (Wildman–Crippen MR) is 86.5 cm³/mol. The summed E-state index contributed by atoms with van der Waals surface area (Å²) in [5.74, 6) is 0. The first kappa shape index (κ1) is 15.8. The molecular formula is C12H12BrClN2O2S2. The maximum Gasteiger partial charge on any atom is 0.252 e. The first-order valence-electron chi connectivity index (χ1n) is 5.57. The minimum absolute atomic E-state index is 0.200. The van der Waals surface area contributed by atoms with Crippen LogP contribution in [0.2, 0.25) is 5.02 Å². The van der Waals surface area contributed by atoms with Gasteiger partial charge in [0.2, 0.25) is 0 Å². The Hall–Kier alpha value is -0.600. The largest absolute Gasteiger partial charge is 0.398 e. The number of sulfonamides is 1. The molecule has 0 aliphatic rings. The van der Waals surface area contributed by atoms with Crippen LogP contribution in [0.4, 0.5) is 5.69 Å². The highest BCUT2D eigenvalue weighted by Crippen LogP contribution is 2.36. The van der Waals surface area contributed by atoms with Crippen molar-refractivity contribution >= 4 is 54.6 Å². The van der Waals surface area contributed by atoms with E-state index < -0.39 is 10.0 Å². The first-order chi connectivity index (χ1) is 9.32. The number of hydrogen-bond acceptors (Lipinski definition) is 4. The molecule has 0 aliphatic carbocycles. The summed E-state index contributed by atoms with van der Waals surface area (Å²) < 4.78 is 26.9. The molecule has 108 valence electrons. The summed E-state index contributed by atoms with van der Waals surface area (Å²) in [7, 11) is -2.06. The Morgan fingerprint density at radius 1 is 1.40 bits per heavy atom. The van der Waals surface area contributed by atoms with Crippen molar-refractivity contribution in [3.05, 3.63) is 44.7 Å². The van der Waals surface area contributed by atoms with Gasteiger partial charge in [0.1, 0.15) is 4.21 Å². The van der Waals surface area contributed by atoms with Crippen molar-refractivity contribution < 1.29 is 8.42 Å². The summed E-state index contributed by atoms with van der Waals surface area (Å²) in [5, 5.41) is 0.390. The molecule has 8 heteroatoms. The summed E-state index contributed by atoms with van der Waals surface area (Å²) in [4.78, 5) is 0. The highest BCUT2D eigenvalue weighted by Gasteiger charge is 2.24. The molecule has 0 radical (unpaired) electrons. The molecule has 0 unspecified atom stereocenters. The normalized spacial score (nSPS) is 12.0. The zero-order valence-corrected chi connectivity index (χ0v) is 14.5. The van der Waals surface area contributed by atoms with E-state index in [1.54, 1.807) is 12.1 Å². The van der Waals surface area contributed by atoms with E-state index in [2.05, 4.69) is 15.9 Å². The summed E-state index contributed by atoms with van der Waals surface area (Å²) in [6, 6.07) is 8.62. The Morgan fingerprint density at radius 2 is 2.05 bits per heavy atom. The van der Waals surface area contributed by atoms with Gasteiger partial charge in [0.25, 0.3) is 10.0 Å². The molecule has 0 saturated carbocycles. The smallest absolute Gasteiger partial charge is 0.252 e. The molecule has 0 amide bonds. The van der Waals surface area contributed by atoms with Gasteiger partial charge < -0.3 is 5.73 Å². The zero-order valence-electron chi connectivity index (χ0n) is 10.5. The predicted octanol–water partition coefficient (Wildman–Crippen LogP) is 3.57. The summed E-state index contributed by atoms with van der Waals surface area (Å²) in [6.07, 6.45) is 0. The van der Waals surface area contributed by atoms with Crippen LogP contribution in [-0.2, 0) is 16.6 Å². The fraction of sp³-hybridized carbons (Fsp3) is 0.167. The van der Waals surface area contributed by atoms with Crippen LogP contribution in [-0.4, -0.2) is 19.8 Å². The molecule has 0 atom stereocenters. The van der Waals surface area contributed by atoms with E-state index in [4.69, 9.17) is 17.3 Å². The third kappa shape index (κ3) is 3.17. The average Bonchev–Trinajstić information content (AvgIpc) is 2.73. The number of nitrogens with two attached hydrogens (primary N) is 1. The molecule has 0 spiro atoms. The van der Waals surface area contributed by atoms with Crippen molar-refractivity contribution in [2.45, 2.75) is 10.8 Å². The van der Waals surface area contributed by atoms with Gasteiger partial charge in [0.15, 0.2) is 0 Å². The monoisotopic (exact) mass is 394 g/mol. The standard InChI is InChI=1S/C12H12BrClN2O2S2/c1-16(7-8-4-2-3-5-10(8)15)20(17,18)11-6-9(14)12(13)19-11/h2-6H,7,15H2,1H3. The second-order valence-corrected chi connectivity index (χ2v) is 9.20. The SMILES string of the molecule is CN(Cc1ccccc1N)S(=O)(=O)c1cc(Cl)c(Br)s1. The van der Waals surface area contributed by atoms with Gasteiger partial charge in [0, 0.05) is 19.3 Å². The Labute approximate surface area is 135 Å². The highest BCUT2D eigenvalue weighted by molar-refractivity contribution is 9.11. The van der Waals surface area contributed by atoms with Crippen LogP contribution < -0.4 is 5.73 Å². The Balaban J connectivity index is 2.28. The molecule has 20 heavy (non-hydrogen) atoms. The number of rotatable bonds is 4. The lowest BCUT2D eigenvalue weighted by Gasteiger charge is -2.17. The first-order valence-corrected chi connectivity index (χ1v) is 8.99. The molecular weight excluding hydrogens is 384 g/mol. The molecule has 2 aromatic rings. The lowest BCUT2D eigenvalue weighted by atomic mass is 10.2. The van der Waals surface area contributed by atoms with E-state index in [0.29, 0.717) is 14.5 Å². The third-order valence-electron chi connectivity index (χ3n) is 2.74. The fourth-order valence-electron chi connectivity index (χ4n) is 1.61. The summed E-state index contributed by atoms with van der Waals surface area (Å²) in [5.41, 5.74) is 7.17. The van der Waals surface area contributed by atoms with Crippen LogP contribution >= 0.6 is 38.9 Å². The molecule has 0 saturated heterocycles. The fourth-order valence-corrected chi connectivity index (χ4v) is 5.37. The van der Waals surface area contributed by atoms with Crippen molar-refractivity contribution in [3.8, 4) is 0 Å². The second kappa shape index (κ2) is 6.03. The van der Waals surface area contributed by atoms with Crippen molar-refractivity contribution in [2.24, 2.45) is 0 Å². The van der Waals surface area contributed by atoms with Gasteiger partial charge in [-0.05, 0) is 33.6 Å². The molecule has 0 bridgehead atoms. The van der Waals surface area contributed by atoms with Crippen molar-refractivity contribution in [2.75, 3.05) is 12.8 Å². The van der Waals surface area contributed by atoms with Gasteiger partial charge >= 0.3 is 0 Å². The molecule has 0 fully saturated rings. The number of benzene rings is 1. The highest BCUT2D eigenvalue weighted by atomic mass is 79.9. The molecule has 0 aliphatic heterocycles. The van der Waals surface area contributed by atoms with Crippen molar-refractivity contribution in [1.29, 1.82) is 0 Å². The number of para-hydroxylation sites is 1. The van der Waals surface area contributed by atoms with Gasteiger partial charge in [-0.2, -0.15) is 4.31 Å². The van der Waals surface area contributed by atoms with Crippen LogP contribution in [0.25, 0.3) is 0 Å². The maximum absolute atomic E-state index is 12.4. The van der Waals surface area contributed by atoms with Gasteiger partial charge in [-0.25, -0.2) is 8.42 Å². The lowest BCUT2D eigenvalue weighted by molar-refractivity contribution is 0.469. The van der Waals surface area contributed by atoms with E-state index in [1.165, 1.54) is 17.4 Å². The molecule has 2 N–H and O–H groups in total. The number of nitrogens with zero attached hydrogens (tertiary/aromatic N) is 1. The third-order valence-corrected chi connectivity index (χ3v) is 7.46. The number of hydrogen-bond donors (Lipinski definition) is 1. The Bertz CT molecular complexity index is 711. The van der Waals surface area contributed by atoms with E-state index in [1.807, 2.05) is 12.1 Å². The number of nitrogen functional groups attached to an aromatic ring is 1. The van der Waals surface area contributed by atoms with Gasteiger partial charge in [-0.1, -0.05) is 29.8 Å². The van der Waals surface area contributed by atoms with Crippen LogP contribution in [0.3, 0.4) is 0 Å². The van der Waals surface area contributed by atoms with E-state index >= 15 is 0 Å². The van der Waals surface area contributed by atoms with Gasteiger partial charge in [-0.3, -0.25) is 0 Å². The topological polar surface area (TPSA) is 63.4 Å². The molecule has 1 heterocycles. The molecule has 4 nitrogen and oxygen atoms in total. The van der Waals surface area contributed by atoms with Gasteiger partial charge in [0.05, 0.1) is 8.81 Å². The quantitative estimate of drug-likeness (QED) is 0.805. The second-order valence-electron chi connectivity index (χ2n) is 4.15. The van der Waals surface area contributed by atoms with E-state index in [0.717, 1.165) is 16.9 Å². The van der Waals surface area contributed by atoms with Crippen molar-refractivity contribution in [1.82, 2.24) is 4.31 Å².